The molecule has 3 N–H and O–H groups in total. The Labute approximate surface area is 210 Å². The lowest BCUT2D eigenvalue weighted by molar-refractivity contribution is 0.459. The highest BCUT2D eigenvalue weighted by molar-refractivity contribution is 7.84. The van der Waals surface area contributed by atoms with E-state index in [9.17, 15) is 4.21 Å². The van der Waals surface area contributed by atoms with Gasteiger partial charge in [0.1, 0.15) is 11.5 Å². The van der Waals surface area contributed by atoms with Gasteiger partial charge in [-0.05, 0) is 62.4 Å². The molecule has 36 heavy (non-hydrogen) atoms. The van der Waals surface area contributed by atoms with Crippen molar-refractivity contribution in [2.75, 3.05) is 0 Å². The fraction of sp³-hybridized carbons (Fsp3) is 0.222. The Hall–Kier alpha value is -3.69. The number of para-hydroxylation sites is 1. The molecule has 0 spiro atoms. The van der Waals surface area contributed by atoms with Crippen LogP contribution in [0.15, 0.2) is 77.6 Å². The average molecular weight is 504 g/mol. The molecule has 2 aromatic carbocycles. The lowest BCUT2D eigenvalue weighted by atomic mass is 9.82. The molecule has 9 heteroatoms. The number of rotatable bonds is 8. The summed E-state index contributed by atoms with van der Waals surface area (Å²) in [6.45, 7) is 3.71. The zero-order valence-corrected chi connectivity index (χ0v) is 20.8. The third kappa shape index (κ3) is 4.72. The van der Waals surface area contributed by atoms with Crippen molar-refractivity contribution < 1.29 is 13.1 Å². The van der Waals surface area contributed by atoms with Crippen molar-refractivity contribution in [1.82, 2.24) is 20.3 Å². The number of aromatic amines is 1. The first-order valence-electron chi connectivity index (χ1n) is 11.6. The fourth-order valence-corrected chi connectivity index (χ4v) is 4.89. The standard InChI is InChI=1S/C27H26FN5O2S/c1-27(2,36(29)34)14-17(13-24-22(28)11-12-23(32-24)18-15-30-31-16-18)19-7-3-4-8-20(19)26-21-9-5-6-10-25(21)35-33-26/h3-12,15-17H,13-14,29H2,1-2H3,(H,30,31)/t17-,36?/m0/s1. The molecule has 184 valence electrons. The lowest BCUT2D eigenvalue weighted by Crippen LogP contribution is -2.34. The van der Waals surface area contributed by atoms with Crippen molar-refractivity contribution in [1.29, 1.82) is 0 Å². The molecule has 0 amide bonds. The van der Waals surface area contributed by atoms with E-state index in [-0.39, 0.29) is 12.3 Å². The van der Waals surface area contributed by atoms with Gasteiger partial charge < -0.3 is 4.52 Å². The van der Waals surface area contributed by atoms with Crippen molar-refractivity contribution in [2.45, 2.75) is 37.4 Å². The van der Waals surface area contributed by atoms with Crippen LogP contribution in [0.25, 0.3) is 33.5 Å². The summed E-state index contributed by atoms with van der Waals surface area (Å²) >= 11 is 0. The minimum atomic E-state index is -1.59. The molecular weight excluding hydrogens is 477 g/mol. The molecule has 0 bridgehead atoms. The Balaban J connectivity index is 1.62. The first-order valence-corrected chi connectivity index (χ1v) is 12.8. The van der Waals surface area contributed by atoms with Crippen LogP contribution in [0.2, 0.25) is 0 Å². The van der Waals surface area contributed by atoms with Gasteiger partial charge in [-0.3, -0.25) is 10.2 Å². The molecule has 3 aromatic heterocycles. The van der Waals surface area contributed by atoms with E-state index in [1.165, 1.54) is 6.07 Å². The minimum Gasteiger partial charge on any atom is -0.356 e. The summed E-state index contributed by atoms with van der Waals surface area (Å²) in [7, 11) is -1.59. The normalized spacial score (nSPS) is 13.7. The molecule has 5 aromatic rings. The molecule has 2 atom stereocenters. The monoisotopic (exact) mass is 503 g/mol. The van der Waals surface area contributed by atoms with E-state index in [4.69, 9.17) is 9.66 Å². The molecule has 0 fully saturated rings. The summed E-state index contributed by atoms with van der Waals surface area (Å²) in [5.41, 5.74) is 4.91. The molecule has 3 heterocycles. The average Bonchev–Trinajstić information content (AvgIpc) is 3.55. The second kappa shape index (κ2) is 9.75. The largest absolute Gasteiger partial charge is 0.356 e. The topological polar surface area (TPSA) is 111 Å². The van der Waals surface area contributed by atoms with Crippen LogP contribution in [0.4, 0.5) is 4.39 Å². The minimum absolute atomic E-state index is 0.249. The lowest BCUT2D eigenvalue weighted by Gasteiger charge is -2.29. The van der Waals surface area contributed by atoms with E-state index in [2.05, 4.69) is 20.3 Å². The van der Waals surface area contributed by atoms with E-state index in [0.29, 0.717) is 29.1 Å². The van der Waals surface area contributed by atoms with Crippen LogP contribution in [0.1, 0.15) is 37.4 Å². The second-order valence-corrected chi connectivity index (χ2v) is 11.1. The van der Waals surface area contributed by atoms with Crippen LogP contribution >= 0.6 is 0 Å². The zero-order chi connectivity index (χ0) is 25.3. The Morgan fingerprint density at radius 1 is 1.11 bits per heavy atom. The summed E-state index contributed by atoms with van der Waals surface area (Å²) in [5.74, 6) is -0.649. The summed E-state index contributed by atoms with van der Waals surface area (Å²) < 4.78 is 32.3. The molecule has 7 nitrogen and oxygen atoms in total. The van der Waals surface area contributed by atoms with Crippen molar-refractivity contribution in [3.63, 3.8) is 0 Å². The summed E-state index contributed by atoms with van der Waals surface area (Å²) in [6, 6.07) is 18.6. The Morgan fingerprint density at radius 3 is 2.67 bits per heavy atom. The predicted octanol–water partition coefficient (Wildman–Crippen LogP) is 5.54. The van der Waals surface area contributed by atoms with Crippen molar-refractivity contribution in [3.05, 3.63) is 90.1 Å². The number of fused-ring (bicyclic) bond motifs is 1. The predicted molar refractivity (Wildman–Crippen MR) is 139 cm³/mol. The maximum atomic E-state index is 15.1. The van der Waals surface area contributed by atoms with Crippen molar-refractivity contribution in [2.24, 2.45) is 5.14 Å². The Bertz CT molecular complexity index is 1530. The number of hydrogen-bond donors (Lipinski definition) is 2. The van der Waals surface area contributed by atoms with Crippen LogP contribution in [0, 0.1) is 5.82 Å². The first-order chi connectivity index (χ1) is 17.3. The van der Waals surface area contributed by atoms with Crippen molar-refractivity contribution in [3.8, 4) is 22.5 Å². The number of hydrogen-bond acceptors (Lipinski definition) is 5. The SMILES string of the molecule is CC(C)(C[C@H](Cc1nc(-c2cn[nH]c2)ccc1F)c1ccccc1-c1noc2ccccc12)S(N)=O. The van der Waals surface area contributed by atoms with Crippen LogP contribution in [-0.4, -0.2) is 29.3 Å². The van der Waals surface area contributed by atoms with Gasteiger partial charge in [0.15, 0.2) is 5.58 Å². The van der Waals surface area contributed by atoms with Crippen LogP contribution in [0.3, 0.4) is 0 Å². The molecule has 0 aliphatic carbocycles. The van der Waals surface area contributed by atoms with Gasteiger partial charge in [-0.25, -0.2) is 13.6 Å². The number of pyridine rings is 1. The highest BCUT2D eigenvalue weighted by Crippen LogP contribution is 2.39. The summed E-state index contributed by atoms with van der Waals surface area (Å²) in [4.78, 5) is 4.62. The third-order valence-corrected chi connectivity index (χ3v) is 7.72. The van der Waals surface area contributed by atoms with E-state index in [1.54, 1.807) is 18.5 Å². The molecule has 0 saturated heterocycles. The van der Waals surface area contributed by atoms with E-state index >= 15 is 4.39 Å². The number of aromatic nitrogens is 4. The molecule has 5 rings (SSSR count). The van der Waals surface area contributed by atoms with Gasteiger partial charge in [0.05, 0.1) is 33.3 Å². The van der Waals surface area contributed by atoms with Gasteiger partial charge in [0.25, 0.3) is 0 Å². The van der Waals surface area contributed by atoms with Gasteiger partial charge >= 0.3 is 0 Å². The third-order valence-electron chi connectivity index (χ3n) is 6.47. The fourth-order valence-electron chi connectivity index (χ4n) is 4.53. The van der Waals surface area contributed by atoms with E-state index in [1.807, 2.05) is 62.4 Å². The quantitative estimate of drug-likeness (QED) is 0.289. The molecule has 0 aliphatic rings. The molecule has 0 saturated carbocycles. The number of nitrogens with one attached hydrogen (secondary N) is 1. The van der Waals surface area contributed by atoms with Gasteiger partial charge in [0.2, 0.25) is 0 Å². The van der Waals surface area contributed by atoms with E-state index in [0.717, 1.165) is 22.1 Å². The van der Waals surface area contributed by atoms with Gasteiger partial charge in [0, 0.05) is 22.7 Å². The summed E-state index contributed by atoms with van der Waals surface area (Å²) in [6.07, 6.45) is 4.09. The number of benzene rings is 2. The highest BCUT2D eigenvalue weighted by atomic mass is 32.2. The van der Waals surface area contributed by atoms with Crippen molar-refractivity contribution >= 4 is 22.0 Å². The van der Waals surface area contributed by atoms with Crippen LogP contribution in [-0.2, 0) is 17.4 Å². The molecule has 0 aliphatic heterocycles. The Kier molecular flexibility index (Phi) is 6.51. The van der Waals surface area contributed by atoms with E-state index < -0.39 is 21.5 Å². The second-order valence-electron chi connectivity index (χ2n) is 9.39. The molecule has 1 unspecified atom stereocenters. The van der Waals surface area contributed by atoms with Gasteiger partial charge in [-0.2, -0.15) is 5.10 Å². The van der Waals surface area contributed by atoms with Gasteiger partial charge in [-0.15, -0.1) is 0 Å². The van der Waals surface area contributed by atoms with Gasteiger partial charge in [-0.1, -0.05) is 41.6 Å². The Morgan fingerprint density at radius 2 is 1.89 bits per heavy atom. The number of H-pyrrole nitrogens is 1. The van der Waals surface area contributed by atoms with Crippen LogP contribution in [0.5, 0.6) is 0 Å². The smallest absolute Gasteiger partial charge is 0.167 e. The zero-order valence-electron chi connectivity index (χ0n) is 19.9. The maximum Gasteiger partial charge on any atom is 0.167 e. The maximum absolute atomic E-state index is 15.1. The number of nitrogens with two attached hydrogens (primary N) is 1. The number of halogens is 1. The molecular formula is C27H26FN5O2S. The summed E-state index contributed by atoms with van der Waals surface area (Å²) in [5, 5.41) is 17.8. The highest BCUT2D eigenvalue weighted by Gasteiger charge is 2.31. The first kappa shape index (κ1) is 24.0. The van der Waals surface area contributed by atoms with Crippen LogP contribution < -0.4 is 5.14 Å². The number of nitrogens with zero attached hydrogens (tertiary/aromatic N) is 3. The molecule has 0 radical (unpaired) electrons.